The lowest BCUT2D eigenvalue weighted by Crippen LogP contribution is -2.47. The third kappa shape index (κ3) is 7.46. The first kappa shape index (κ1) is 27.4. The van der Waals surface area contributed by atoms with Gasteiger partial charge >= 0.3 is 0 Å². The minimum Gasteiger partial charge on any atom is -0.467 e. The van der Waals surface area contributed by atoms with E-state index in [0.29, 0.717) is 50.7 Å². The lowest BCUT2D eigenvalue weighted by molar-refractivity contribution is -0.133. The molecule has 1 fully saturated rings. The summed E-state index contributed by atoms with van der Waals surface area (Å²) in [5.74, 6) is 0.419. The van der Waals surface area contributed by atoms with Crippen LogP contribution in [0.25, 0.3) is 11.1 Å². The molecule has 0 radical (unpaired) electrons. The van der Waals surface area contributed by atoms with Crippen LogP contribution in [0.15, 0.2) is 108 Å². The maximum Gasteiger partial charge on any atom is 0.254 e. The van der Waals surface area contributed by atoms with Crippen LogP contribution in [0.3, 0.4) is 0 Å². The molecule has 0 N–H and O–H groups in total. The fraction of sp³-hybridized carbons (Fsp3) is 0.273. The van der Waals surface area contributed by atoms with Crippen LogP contribution < -0.4 is 0 Å². The van der Waals surface area contributed by atoms with Gasteiger partial charge in [-0.05, 0) is 41.0 Å². The molecular formula is C33H35N3O4. The van der Waals surface area contributed by atoms with Crippen molar-refractivity contribution < 1.29 is 18.7 Å². The molecule has 1 aliphatic heterocycles. The molecule has 0 bridgehead atoms. The van der Waals surface area contributed by atoms with Crippen LogP contribution in [-0.2, 0) is 22.6 Å². The van der Waals surface area contributed by atoms with Crippen molar-refractivity contribution in [2.75, 3.05) is 45.9 Å². The third-order valence-corrected chi connectivity index (χ3v) is 7.14. The van der Waals surface area contributed by atoms with E-state index >= 15 is 0 Å². The average Bonchev–Trinajstić information content (AvgIpc) is 3.53. The van der Waals surface area contributed by atoms with Gasteiger partial charge in [0.15, 0.2) is 0 Å². The molecule has 2 amide bonds. The molecule has 7 heteroatoms. The molecule has 40 heavy (non-hydrogen) atoms. The molecule has 0 saturated carbocycles. The molecule has 3 aromatic carbocycles. The normalized spacial score (nSPS) is 13.6. The van der Waals surface area contributed by atoms with Crippen molar-refractivity contribution in [2.24, 2.45) is 0 Å². The lowest BCUT2D eigenvalue weighted by Gasteiger charge is -2.31. The van der Waals surface area contributed by atoms with E-state index in [9.17, 15) is 9.59 Å². The second-order valence-electron chi connectivity index (χ2n) is 9.94. The largest absolute Gasteiger partial charge is 0.467 e. The van der Waals surface area contributed by atoms with Gasteiger partial charge in [-0.3, -0.25) is 14.5 Å². The number of carbonyl (C=O) groups excluding carboxylic acids is 2. The Morgan fingerprint density at radius 1 is 0.725 bits per heavy atom. The van der Waals surface area contributed by atoms with E-state index < -0.39 is 0 Å². The Kier molecular flexibility index (Phi) is 9.40. The van der Waals surface area contributed by atoms with Crippen molar-refractivity contribution in [3.8, 4) is 11.1 Å². The standard InChI is InChI=1S/C33H35N3O4/c37-32(36(25-31-12-7-21-40-31)24-27-8-3-1-4-9-27)26-35(18-17-34-19-22-39-23-20-34)33(38)30-15-13-29(14-16-30)28-10-5-2-6-11-28/h1-16,21H,17-20,22-26H2. The summed E-state index contributed by atoms with van der Waals surface area (Å²) < 4.78 is 11.0. The van der Waals surface area contributed by atoms with E-state index in [2.05, 4.69) is 4.90 Å². The highest BCUT2D eigenvalue weighted by Gasteiger charge is 2.24. The Morgan fingerprint density at radius 2 is 1.40 bits per heavy atom. The predicted molar refractivity (Wildman–Crippen MR) is 154 cm³/mol. The second-order valence-corrected chi connectivity index (χ2v) is 9.94. The van der Waals surface area contributed by atoms with Gasteiger partial charge < -0.3 is 19.0 Å². The molecule has 1 aliphatic rings. The number of hydrogen-bond acceptors (Lipinski definition) is 5. The Balaban J connectivity index is 1.34. The minimum atomic E-state index is -0.154. The van der Waals surface area contributed by atoms with Crippen molar-refractivity contribution in [1.29, 1.82) is 0 Å². The summed E-state index contributed by atoms with van der Waals surface area (Å²) in [5, 5.41) is 0. The monoisotopic (exact) mass is 537 g/mol. The Bertz CT molecular complexity index is 1340. The summed E-state index contributed by atoms with van der Waals surface area (Å²) in [6.07, 6.45) is 1.61. The van der Waals surface area contributed by atoms with Crippen LogP contribution >= 0.6 is 0 Å². The first-order valence-electron chi connectivity index (χ1n) is 13.7. The van der Waals surface area contributed by atoms with Crippen molar-refractivity contribution in [3.63, 3.8) is 0 Å². The SMILES string of the molecule is O=C(CN(CCN1CCOCC1)C(=O)c1ccc(-c2ccccc2)cc1)N(Cc1ccccc1)Cc1ccco1. The molecule has 0 atom stereocenters. The number of hydrogen-bond donors (Lipinski definition) is 0. The van der Waals surface area contributed by atoms with Crippen LogP contribution in [0.1, 0.15) is 21.7 Å². The molecular weight excluding hydrogens is 502 g/mol. The van der Waals surface area contributed by atoms with Gasteiger partial charge in [0, 0.05) is 38.3 Å². The first-order chi connectivity index (χ1) is 19.7. The first-order valence-corrected chi connectivity index (χ1v) is 13.7. The van der Waals surface area contributed by atoms with E-state index in [4.69, 9.17) is 9.15 Å². The topological polar surface area (TPSA) is 66.2 Å². The second kappa shape index (κ2) is 13.7. The molecule has 5 rings (SSSR count). The minimum absolute atomic E-state index is 0.0167. The highest BCUT2D eigenvalue weighted by Crippen LogP contribution is 2.20. The van der Waals surface area contributed by atoms with E-state index in [1.165, 1.54) is 0 Å². The summed E-state index contributed by atoms with van der Waals surface area (Å²) in [7, 11) is 0. The van der Waals surface area contributed by atoms with Gasteiger partial charge in [-0.15, -0.1) is 0 Å². The van der Waals surface area contributed by atoms with Crippen LogP contribution in [-0.4, -0.2) is 72.5 Å². The average molecular weight is 538 g/mol. The zero-order valence-corrected chi connectivity index (χ0v) is 22.7. The van der Waals surface area contributed by atoms with Crippen LogP contribution in [0, 0.1) is 0 Å². The fourth-order valence-electron chi connectivity index (χ4n) is 4.85. The van der Waals surface area contributed by atoms with Crippen molar-refractivity contribution in [2.45, 2.75) is 13.1 Å². The quantitative estimate of drug-likeness (QED) is 0.271. The number of nitrogens with zero attached hydrogens (tertiary/aromatic N) is 3. The maximum absolute atomic E-state index is 13.8. The van der Waals surface area contributed by atoms with Crippen LogP contribution in [0.4, 0.5) is 0 Å². The van der Waals surface area contributed by atoms with Crippen molar-refractivity contribution in [3.05, 3.63) is 120 Å². The third-order valence-electron chi connectivity index (χ3n) is 7.14. The van der Waals surface area contributed by atoms with Crippen molar-refractivity contribution >= 4 is 11.8 Å². The summed E-state index contributed by atoms with van der Waals surface area (Å²) in [5.41, 5.74) is 3.72. The molecule has 0 aliphatic carbocycles. The summed E-state index contributed by atoms with van der Waals surface area (Å²) in [6.45, 7) is 4.88. The van der Waals surface area contributed by atoms with E-state index in [1.54, 1.807) is 16.1 Å². The number of benzene rings is 3. The van der Waals surface area contributed by atoms with E-state index in [1.807, 2.05) is 97.1 Å². The van der Waals surface area contributed by atoms with Gasteiger partial charge in [0.1, 0.15) is 12.3 Å². The van der Waals surface area contributed by atoms with E-state index in [-0.39, 0.29) is 18.4 Å². The molecule has 7 nitrogen and oxygen atoms in total. The number of rotatable bonds is 11. The van der Waals surface area contributed by atoms with Gasteiger partial charge in [0.25, 0.3) is 5.91 Å². The molecule has 0 spiro atoms. The maximum atomic E-state index is 13.8. The molecule has 2 heterocycles. The summed E-state index contributed by atoms with van der Waals surface area (Å²) in [6, 6.07) is 31.2. The van der Waals surface area contributed by atoms with Gasteiger partial charge in [-0.2, -0.15) is 0 Å². The Hall–Kier alpha value is -4.20. The number of morpholine rings is 1. The van der Waals surface area contributed by atoms with Crippen molar-refractivity contribution in [1.82, 2.24) is 14.7 Å². The number of ether oxygens (including phenoxy) is 1. The van der Waals surface area contributed by atoms with Gasteiger partial charge in [-0.25, -0.2) is 0 Å². The zero-order valence-electron chi connectivity index (χ0n) is 22.7. The van der Waals surface area contributed by atoms with Gasteiger partial charge in [0.2, 0.25) is 5.91 Å². The Morgan fingerprint density at radius 3 is 2.08 bits per heavy atom. The highest BCUT2D eigenvalue weighted by atomic mass is 16.5. The zero-order chi connectivity index (χ0) is 27.6. The molecule has 206 valence electrons. The van der Waals surface area contributed by atoms with E-state index in [0.717, 1.165) is 29.8 Å². The summed E-state index contributed by atoms with van der Waals surface area (Å²) in [4.78, 5) is 33.3. The van der Waals surface area contributed by atoms with Crippen LogP contribution in [0.2, 0.25) is 0 Å². The molecule has 1 aromatic heterocycles. The molecule has 0 unspecified atom stereocenters. The number of carbonyl (C=O) groups is 2. The predicted octanol–water partition coefficient (Wildman–Crippen LogP) is 4.95. The highest BCUT2D eigenvalue weighted by molar-refractivity contribution is 5.97. The smallest absolute Gasteiger partial charge is 0.254 e. The van der Waals surface area contributed by atoms with Gasteiger partial charge in [-0.1, -0.05) is 72.8 Å². The Labute approximate surface area is 235 Å². The molecule has 4 aromatic rings. The summed E-state index contributed by atoms with van der Waals surface area (Å²) >= 11 is 0. The number of furan rings is 1. The molecule has 1 saturated heterocycles. The van der Waals surface area contributed by atoms with Crippen LogP contribution in [0.5, 0.6) is 0 Å². The number of amides is 2. The fourth-order valence-corrected chi connectivity index (χ4v) is 4.85. The van der Waals surface area contributed by atoms with Gasteiger partial charge in [0.05, 0.1) is 26.0 Å². The lowest BCUT2D eigenvalue weighted by atomic mass is 10.0.